The molecule has 0 aliphatic rings. The average molecular weight is 173 g/mol. The molecule has 2 N–H and O–H groups in total. The molecule has 0 heterocycles. The quantitative estimate of drug-likeness (QED) is 0.601. The highest BCUT2D eigenvalue weighted by Gasteiger charge is 2.00. The first-order chi connectivity index (χ1) is 5.66. The van der Waals surface area contributed by atoms with Gasteiger partial charge < -0.3 is 15.2 Å². The Labute approximate surface area is 72.2 Å². The maximum absolute atomic E-state index is 10.7. The lowest BCUT2D eigenvalue weighted by atomic mass is 10.3. The van der Waals surface area contributed by atoms with Crippen molar-refractivity contribution in [1.82, 2.24) is 5.32 Å². The van der Waals surface area contributed by atoms with Gasteiger partial charge in [-0.1, -0.05) is 12.7 Å². The lowest BCUT2D eigenvalue weighted by Gasteiger charge is -2.05. The van der Waals surface area contributed by atoms with Gasteiger partial charge in [0.15, 0.2) is 0 Å². The normalized spacial score (nSPS) is 11.8. The van der Waals surface area contributed by atoms with Crippen LogP contribution in [0.2, 0.25) is 0 Å². The first kappa shape index (κ1) is 11.0. The summed E-state index contributed by atoms with van der Waals surface area (Å²) in [6.07, 6.45) is 1.15. The Morgan fingerprint density at radius 2 is 2.50 bits per heavy atom. The van der Waals surface area contributed by atoms with E-state index in [2.05, 4.69) is 16.6 Å². The highest BCUT2D eigenvalue weighted by Crippen LogP contribution is 1.86. The molecule has 0 bridgehead atoms. The van der Waals surface area contributed by atoms with Crippen LogP contribution in [0.15, 0.2) is 12.7 Å². The van der Waals surface area contributed by atoms with Gasteiger partial charge in [0.05, 0.1) is 6.10 Å². The lowest BCUT2D eigenvalue weighted by Crippen LogP contribution is -2.27. The summed E-state index contributed by atoms with van der Waals surface area (Å²) in [7, 11) is 0. The summed E-state index contributed by atoms with van der Waals surface area (Å²) in [5, 5.41) is 11.3. The summed E-state index contributed by atoms with van der Waals surface area (Å²) >= 11 is 0. The second-order valence-electron chi connectivity index (χ2n) is 2.45. The van der Waals surface area contributed by atoms with E-state index in [1.165, 1.54) is 6.08 Å². The number of carbonyl (C=O) groups is 1. The maximum atomic E-state index is 10.7. The summed E-state index contributed by atoms with van der Waals surface area (Å²) in [5.74, 6) is 0. The number of aliphatic hydroxyl groups excluding tert-OH is 1. The summed E-state index contributed by atoms with van der Waals surface area (Å²) < 4.78 is 4.62. The van der Waals surface area contributed by atoms with Crippen molar-refractivity contribution in [2.75, 3.05) is 13.2 Å². The Kier molecular flexibility index (Phi) is 6.09. The summed E-state index contributed by atoms with van der Waals surface area (Å²) in [6.45, 7) is 5.69. The summed E-state index contributed by atoms with van der Waals surface area (Å²) in [4.78, 5) is 10.7. The van der Waals surface area contributed by atoms with Gasteiger partial charge in [-0.15, -0.1) is 0 Å². The molecule has 0 rings (SSSR count). The molecule has 0 aromatic rings. The molecule has 0 aromatic heterocycles. The van der Waals surface area contributed by atoms with Crippen LogP contribution in [-0.4, -0.2) is 30.5 Å². The SMILES string of the molecule is C=CCOC(=O)NCCC(C)O. The molecule has 1 amide bonds. The topological polar surface area (TPSA) is 58.6 Å². The minimum Gasteiger partial charge on any atom is -0.445 e. The number of nitrogens with one attached hydrogen (secondary N) is 1. The van der Waals surface area contributed by atoms with Gasteiger partial charge in [-0.05, 0) is 13.3 Å². The van der Waals surface area contributed by atoms with Crippen LogP contribution in [0, 0.1) is 0 Å². The van der Waals surface area contributed by atoms with Crippen LogP contribution in [0.25, 0.3) is 0 Å². The fraction of sp³-hybridized carbons (Fsp3) is 0.625. The van der Waals surface area contributed by atoms with Crippen molar-refractivity contribution in [3.8, 4) is 0 Å². The largest absolute Gasteiger partial charge is 0.445 e. The summed E-state index contributed by atoms with van der Waals surface area (Å²) in [5.41, 5.74) is 0. The van der Waals surface area contributed by atoms with E-state index < -0.39 is 12.2 Å². The third kappa shape index (κ3) is 7.08. The monoisotopic (exact) mass is 173 g/mol. The Hall–Kier alpha value is -1.03. The Morgan fingerprint density at radius 1 is 1.83 bits per heavy atom. The van der Waals surface area contributed by atoms with Crippen LogP contribution >= 0.6 is 0 Å². The van der Waals surface area contributed by atoms with E-state index in [1.54, 1.807) is 6.92 Å². The molecule has 0 spiro atoms. The first-order valence-corrected chi connectivity index (χ1v) is 3.86. The van der Waals surface area contributed by atoms with Crippen molar-refractivity contribution in [3.63, 3.8) is 0 Å². The average Bonchev–Trinajstić information content (AvgIpc) is 2.00. The van der Waals surface area contributed by atoms with Crippen molar-refractivity contribution in [3.05, 3.63) is 12.7 Å². The molecule has 0 aliphatic heterocycles. The number of ether oxygens (including phenoxy) is 1. The van der Waals surface area contributed by atoms with Crippen LogP contribution in [0.4, 0.5) is 4.79 Å². The Bertz CT molecular complexity index is 145. The molecule has 4 nitrogen and oxygen atoms in total. The maximum Gasteiger partial charge on any atom is 0.407 e. The number of hydrogen-bond donors (Lipinski definition) is 2. The van der Waals surface area contributed by atoms with Crippen LogP contribution in [0.1, 0.15) is 13.3 Å². The van der Waals surface area contributed by atoms with Gasteiger partial charge in [-0.2, -0.15) is 0 Å². The Balaban J connectivity index is 3.25. The minimum atomic E-state index is -0.476. The molecule has 12 heavy (non-hydrogen) atoms. The van der Waals surface area contributed by atoms with Crippen molar-refractivity contribution in [2.24, 2.45) is 0 Å². The Morgan fingerprint density at radius 3 is 3.00 bits per heavy atom. The van der Waals surface area contributed by atoms with E-state index in [4.69, 9.17) is 5.11 Å². The van der Waals surface area contributed by atoms with Gasteiger partial charge in [0.2, 0.25) is 0 Å². The first-order valence-electron chi connectivity index (χ1n) is 3.86. The molecule has 0 radical (unpaired) electrons. The molecule has 0 saturated heterocycles. The van der Waals surface area contributed by atoms with Crippen LogP contribution in [0.3, 0.4) is 0 Å². The van der Waals surface area contributed by atoms with Crippen LogP contribution in [-0.2, 0) is 4.74 Å². The highest BCUT2D eigenvalue weighted by molar-refractivity contribution is 5.67. The molecular weight excluding hydrogens is 158 g/mol. The van der Waals surface area contributed by atoms with Crippen molar-refractivity contribution in [1.29, 1.82) is 0 Å². The molecule has 0 saturated carbocycles. The molecule has 0 fully saturated rings. The lowest BCUT2D eigenvalue weighted by molar-refractivity contribution is 0.152. The highest BCUT2D eigenvalue weighted by atomic mass is 16.5. The van der Waals surface area contributed by atoms with Crippen molar-refractivity contribution < 1.29 is 14.6 Å². The number of carbonyl (C=O) groups excluding carboxylic acids is 1. The summed E-state index contributed by atoms with van der Waals surface area (Å²) in [6, 6.07) is 0. The van der Waals surface area contributed by atoms with Crippen molar-refractivity contribution >= 4 is 6.09 Å². The minimum absolute atomic E-state index is 0.209. The van der Waals surface area contributed by atoms with Gasteiger partial charge in [0.25, 0.3) is 0 Å². The van der Waals surface area contributed by atoms with Gasteiger partial charge in [-0.25, -0.2) is 4.79 Å². The number of aliphatic hydroxyl groups is 1. The molecular formula is C8H15NO3. The number of rotatable bonds is 5. The fourth-order valence-electron chi connectivity index (χ4n) is 0.569. The fourth-order valence-corrected chi connectivity index (χ4v) is 0.569. The molecule has 1 atom stereocenters. The molecule has 4 heteroatoms. The number of alkyl carbamates (subject to hydrolysis) is 1. The second-order valence-corrected chi connectivity index (χ2v) is 2.45. The van der Waals surface area contributed by atoms with E-state index in [9.17, 15) is 4.79 Å². The van der Waals surface area contributed by atoms with E-state index in [1.807, 2.05) is 0 Å². The predicted octanol–water partition coefficient (Wildman–Crippen LogP) is 0.669. The van der Waals surface area contributed by atoms with Crippen molar-refractivity contribution in [2.45, 2.75) is 19.4 Å². The number of amides is 1. The van der Waals surface area contributed by atoms with E-state index in [0.29, 0.717) is 13.0 Å². The zero-order valence-electron chi connectivity index (χ0n) is 7.25. The van der Waals surface area contributed by atoms with Gasteiger partial charge in [0.1, 0.15) is 6.61 Å². The van der Waals surface area contributed by atoms with Gasteiger partial charge in [0, 0.05) is 6.54 Å². The smallest absolute Gasteiger partial charge is 0.407 e. The number of hydrogen-bond acceptors (Lipinski definition) is 3. The van der Waals surface area contributed by atoms with E-state index in [-0.39, 0.29) is 6.61 Å². The molecule has 0 aliphatic carbocycles. The zero-order valence-corrected chi connectivity index (χ0v) is 7.25. The van der Waals surface area contributed by atoms with E-state index >= 15 is 0 Å². The van der Waals surface area contributed by atoms with Crippen LogP contribution in [0.5, 0.6) is 0 Å². The molecule has 1 unspecified atom stereocenters. The molecule has 70 valence electrons. The predicted molar refractivity (Wildman–Crippen MR) is 45.8 cm³/mol. The van der Waals surface area contributed by atoms with Crippen LogP contribution < -0.4 is 5.32 Å². The third-order valence-electron chi connectivity index (χ3n) is 1.16. The van der Waals surface area contributed by atoms with Gasteiger partial charge >= 0.3 is 6.09 Å². The van der Waals surface area contributed by atoms with E-state index in [0.717, 1.165) is 0 Å². The third-order valence-corrected chi connectivity index (χ3v) is 1.16. The second kappa shape index (κ2) is 6.67. The van der Waals surface area contributed by atoms with Gasteiger partial charge in [-0.3, -0.25) is 0 Å². The molecule has 0 aromatic carbocycles. The standard InChI is InChI=1S/C8H15NO3/c1-3-6-12-8(11)9-5-4-7(2)10/h3,7,10H,1,4-6H2,2H3,(H,9,11). The zero-order chi connectivity index (χ0) is 9.40.